The Morgan fingerprint density at radius 3 is 1.10 bits per heavy atom. The van der Waals surface area contributed by atoms with Gasteiger partial charge in [0.1, 0.15) is 32.8 Å². The summed E-state index contributed by atoms with van der Waals surface area (Å²) in [5, 5.41) is 97.7. The Balaban J connectivity index is 0.000000115. The Morgan fingerprint density at radius 1 is 0.338 bits per heavy atom. The summed E-state index contributed by atoms with van der Waals surface area (Å²) in [4.78, 5) is 57.1. The molecule has 10 N–H and O–H groups in total. The van der Waals surface area contributed by atoms with E-state index >= 15 is 0 Å². The van der Waals surface area contributed by atoms with Gasteiger partial charge in [-0.05, 0) is 357 Å². The number of phenols is 4. The van der Waals surface area contributed by atoms with Crippen LogP contribution in [-0.2, 0) is 64.2 Å². The van der Waals surface area contributed by atoms with E-state index in [4.69, 9.17) is 48.1 Å². The fourth-order valence-corrected chi connectivity index (χ4v) is 22.0. The second kappa shape index (κ2) is 38.9. The summed E-state index contributed by atoms with van der Waals surface area (Å²) in [6.07, 6.45) is 26.6. The molecule has 139 heavy (non-hydrogen) atoms. The van der Waals surface area contributed by atoms with Crippen molar-refractivity contribution in [2.75, 3.05) is 0 Å². The number of aromatic nitrogens is 16. The van der Waals surface area contributed by atoms with Gasteiger partial charge in [-0.25, -0.2) is 29.9 Å². The van der Waals surface area contributed by atoms with Crippen molar-refractivity contribution in [1.29, 1.82) is 0 Å². The second-order valence-electron chi connectivity index (χ2n) is 35.3. The number of hydrogen-bond acceptors (Lipinski definition) is 18. The number of aromatic amines is 5. The van der Waals surface area contributed by atoms with Gasteiger partial charge in [-0.15, -0.1) is 0 Å². The fourth-order valence-electron chi connectivity index (χ4n) is 21.3. The summed E-state index contributed by atoms with van der Waals surface area (Å²) in [6.45, 7) is 0. The maximum atomic E-state index is 13.2. The Kier molecular flexibility index (Phi) is 26.5. The maximum Gasteiger partial charge on any atom is 0.261 e. The van der Waals surface area contributed by atoms with Gasteiger partial charge in [-0.3, -0.25) is 40.0 Å². The number of carbonyl (C=O) groups excluding carboxylic acids is 2. The van der Waals surface area contributed by atoms with Crippen molar-refractivity contribution >= 4 is 160 Å². The van der Waals surface area contributed by atoms with Crippen molar-refractivity contribution in [3.8, 4) is 79.3 Å². The average molecular weight is 1950 g/mol. The number of hydrogen-bond donors (Lipinski definition) is 10. The molecule has 24 nitrogen and oxygen atoms in total. The van der Waals surface area contributed by atoms with Crippen LogP contribution in [0.25, 0.3) is 165 Å². The van der Waals surface area contributed by atoms with E-state index in [9.17, 15) is 35.1 Å². The quantitative estimate of drug-likeness (QED) is 0.0546. The third-order valence-electron chi connectivity index (χ3n) is 27.5. The number of carbonyl (C=O) groups is 2. The summed E-state index contributed by atoms with van der Waals surface area (Å²) in [7, 11) is 0. The first-order valence-electron chi connectivity index (χ1n) is 45.3. The van der Waals surface area contributed by atoms with Crippen LogP contribution in [0.2, 0.25) is 10.2 Å². The molecule has 2 atom stereocenters. The zero-order valence-electron chi connectivity index (χ0n) is 72.2. The Bertz CT molecular complexity index is 8310. The number of imide groups is 1. The fraction of sp³-hybridized carbons (Fsp3) is 0.223. The van der Waals surface area contributed by atoms with Gasteiger partial charge < -0.3 is 25.5 Å². The number of halogens is 3. The lowest BCUT2D eigenvalue weighted by atomic mass is 9.82. The summed E-state index contributed by atoms with van der Waals surface area (Å²) >= 11 is 15.7. The van der Waals surface area contributed by atoms with Crippen LogP contribution in [0.4, 0.5) is 0 Å². The lowest BCUT2D eigenvalue weighted by Crippen LogP contribution is -2.43. The number of nitrogens with zero attached hydrogens (tertiary/aromatic N) is 12. The van der Waals surface area contributed by atoms with E-state index in [1.165, 1.54) is 109 Å². The van der Waals surface area contributed by atoms with Crippen LogP contribution in [0.5, 0.6) is 23.0 Å². The molecule has 5 aliphatic carbocycles. The Hall–Kier alpha value is -14.9. The number of benzene rings is 10. The molecule has 21 aromatic rings. The number of aryl methyl sites for hydroxylation is 5. The van der Waals surface area contributed by atoms with Gasteiger partial charge >= 0.3 is 0 Å². The first-order valence-corrected chi connectivity index (χ1v) is 46.8. The standard InChI is InChI=1S/C28H20N4O3.C20H16BrN3O.C20H16ClN3O.C20H17N3O2.C19H15ClN4.5CH4/c33-17-8-5-15(6-9-17)26-21-13-16(32-27(34)19-3-1-2-4-20(19)28(32)35)7-10-18(21)25-22-14-29-31-23(22)11-12-24(25)30-26;21-20-18-16(23-24-20)10-9-15-17(18)13-3-1-2-4-14(13)19(22-15)11-5-7-12(25)8-6-11;21-15-9-11(5-8-18(15)25)20-13-4-2-1-3-12(13)19-14-10-22-24-16(14)6-7-17(19)23-20;24-12-3-1-11(2-4-12)20-15-9-13(25)5-6-14(15)19-16-10-21-23-17(16)7-8-18(19)22-20;20-17-8-5-11(9-21-17)19-13-4-2-1-3-12(13)18-14-10-22-24-15(14)6-7-16(18)23-19;;;;;/h1-6,8-9,11-12,14,16,33H,7,10,13H2,(H,29,31);5-10,25H,1-4H2,(H,23,24);5-10,25H,1-4H2,(H,22,24);1-4,7-8,10,13,24-25H,5-6,9H2,(H,21,23);5-10H,1-4H2,(H,22,24);5*1H4. The highest BCUT2D eigenvalue weighted by molar-refractivity contribution is 9.10. The van der Waals surface area contributed by atoms with E-state index < -0.39 is 0 Å². The molecular weight excluding hydrogens is 1850 g/mol. The second-order valence-corrected chi connectivity index (χ2v) is 36.8. The smallest absolute Gasteiger partial charge is 0.261 e. The minimum absolute atomic E-state index is 0. The van der Waals surface area contributed by atoms with Gasteiger partial charge in [0.15, 0.2) is 0 Å². The first kappa shape index (κ1) is 94.5. The minimum Gasteiger partial charge on any atom is -0.508 e. The van der Waals surface area contributed by atoms with Crippen molar-refractivity contribution < 1.29 is 35.1 Å². The lowest BCUT2D eigenvalue weighted by molar-refractivity contribution is 0.0571. The van der Waals surface area contributed by atoms with Crippen LogP contribution in [0.3, 0.4) is 0 Å². The number of phenolic OH excluding ortho intramolecular Hbond substituents is 4. The topological polar surface area (TPSA) is 359 Å². The molecule has 11 aromatic heterocycles. The average Bonchev–Trinajstić information content (AvgIpc) is 1.59. The molecule has 0 bridgehead atoms. The first-order chi connectivity index (χ1) is 65.6. The van der Waals surface area contributed by atoms with Crippen LogP contribution in [0.1, 0.15) is 165 Å². The molecule has 0 saturated heterocycles. The zero-order valence-corrected chi connectivity index (χ0v) is 75.3. The molecule has 2 unspecified atom stereocenters. The van der Waals surface area contributed by atoms with Crippen molar-refractivity contribution in [3.05, 3.63) is 301 Å². The molecule has 700 valence electrons. The van der Waals surface area contributed by atoms with E-state index in [1.54, 1.807) is 72.8 Å². The third-order valence-corrected chi connectivity index (χ3v) is 28.6. The van der Waals surface area contributed by atoms with Crippen molar-refractivity contribution in [3.63, 3.8) is 0 Å². The summed E-state index contributed by atoms with van der Waals surface area (Å²) in [5.74, 6) is 0.348. The number of nitrogens with one attached hydrogen (secondary N) is 5. The normalized spacial score (nSPS) is 14.9. The number of fused-ring (bicyclic) bond motifs is 26. The van der Waals surface area contributed by atoms with E-state index in [2.05, 4.69) is 96.2 Å². The molecule has 0 spiro atoms. The molecule has 0 radical (unpaired) electrons. The van der Waals surface area contributed by atoms with Gasteiger partial charge in [0.25, 0.3) is 11.8 Å². The highest BCUT2D eigenvalue weighted by Gasteiger charge is 2.42. The number of aromatic hydroxyl groups is 4. The SMILES string of the molecule is C.C.C.C.C.Clc1ccc(-c2nc3ccc4[nH]ncc4c3c3c2CCCC3)cn1.O=C1c2ccccc2C(=O)N1C1CCc2c(c(-c3ccc(O)cc3)nc3ccc4[nH]ncc4c23)C1.Oc1ccc(-c2nc3ccc4[nH]ncc4c3c3c2CC(O)CC3)cc1.Oc1ccc(-c2nc3ccc4[nH]ncc4c3c3c2CCCC3)cc1Cl.Oc1ccc(-c2nc3ccc4n[nH]c(Br)c4c3c3c2CCCC3)cc1. The number of H-pyrrole nitrogens is 5. The molecule has 1 aliphatic heterocycles. The number of aliphatic hydroxyl groups is 1. The lowest BCUT2D eigenvalue weighted by Gasteiger charge is -2.32. The van der Waals surface area contributed by atoms with Crippen molar-refractivity contribution in [2.45, 2.75) is 165 Å². The largest absolute Gasteiger partial charge is 0.508 e. The highest BCUT2D eigenvalue weighted by Crippen LogP contribution is 2.47. The predicted octanol–water partition coefficient (Wildman–Crippen LogP) is 26.0. The maximum absolute atomic E-state index is 13.2. The van der Waals surface area contributed by atoms with Gasteiger partial charge in [0.2, 0.25) is 0 Å². The van der Waals surface area contributed by atoms with E-state index in [0.717, 1.165) is 211 Å². The van der Waals surface area contributed by atoms with Gasteiger partial charge in [-0.2, -0.15) is 25.5 Å². The molecular formula is C112H104BrCl2N17O7. The van der Waals surface area contributed by atoms with Crippen molar-refractivity contribution in [2.24, 2.45) is 0 Å². The predicted molar refractivity (Wildman–Crippen MR) is 561 cm³/mol. The summed E-state index contributed by atoms with van der Waals surface area (Å²) in [5.41, 5.74) is 33.2. The van der Waals surface area contributed by atoms with Crippen LogP contribution in [0.15, 0.2) is 224 Å². The van der Waals surface area contributed by atoms with E-state index in [-0.39, 0.29) is 84.1 Å². The van der Waals surface area contributed by atoms with E-state index in [1.807, 2.05) is 122 Å². The number of pyridine rings is 6. The monoisotopic (exact) mass is 1950 g/mol. The minimum atomic E-state index is -0.342. The van der Waals surface area contributed by atoms with Gasteiger partial charge in [-0.1, -0.05) is 72.5 Å². The molecule has 12 heterocycles. The number of aliphatic hydroxyl groups excluding tert-OH is 1. The van der Waals surface area contributed by atoms with Crippen LogP contribution in [0, 0.1) is 0 Å². The molecule has 27 rings (SSSR count). The molecule has 0 fully saturated rings. The molecule has 10 aromatic carbocycles. The van der Waals surface area contributed by atoms with Gasteiger partial charge in [0, 0.05) is 100 Å². The number of rotatable bonds is 6. The summed E-state index contributed by atoms with van der Waals surface area (Å²) < 4.78 is 0.917. The molecule has 0 saturated carbocycles. The highest BCUT2D eigenvalue weighted by atomic mass is 79.9. The summed E-state index contributed by atoms with van der Waals surface area (Å²) in [6, 6.07) is 57.7. The van der Waals surface area contributed by atoms with Crippen LogP contribution in [-0.4, -0.2) is 135 Å². The molecule has 6 aliphatic rings. The molecule has 27 heteroatoms. The zero-order chi connectivity index (χ0) is 90.7. The van der Waals surface area contributed by atoms with Crippen LogP contribution < -0.4 is 0 Å². The Morgan fingerprint density at radius 2 is 0.683 bits per heavy atom. The van der Waals surface area contributed by atoms with Crippen LogP contribution >= 0.6 is 39.1 Å². The van der Waals surface area contributed by atoms with E-state index in [0.29, 0.717) is 47.0 Å². The molecule has 2 amide bonds. The number of amides is 2. The van der Waals surface area contributed by atoms with Crippen molar-refractivity contribution in [1.82, 2.24) is 85.8 Å². The van der Waals surface area contributed by atoms with Gasteiger partial charge in [0.05, 0.1) is 131 Å². The Labute approximate surface area is 820 Å². The third kappa shape index (κ3) is 17.0.